The fraction of sp³-hybridized carbons (Fsp3) is 0.207. The van der Waals surface area contributed by atoms with E-state index in [0.717, 1.165) is 16.8 Å². The lowest BCUT2D eigenvalue weighted by atomic mass is 10.1. The van der Waals surface area contributed by atoms with Crippen LogP contribution in [0.4, 0.5) is 10.3 Å². The molecule has 0 bridgehead atoms. The Labute approximate surface area is 215 Å². The zero-order valence-electron chi connectivity index (χ0n) is 20.5. The van der Waals surface area contributed by atoms with Crippen LogP contribution in [0.25, 0.3) is 0 Å². The van der Waals surface area contributed by atoms with Crippen molar-refractivity contribution in [1.82, 2.24) is 14.9 Å². The molecule has 1 aliphatic rings. The molecule has 37 heavy (non-hydrogen) atoms. The van der Waals surface area contributed by atoms with Crippen molar-refractivity contribution in [3.63, 3.8) is 0 Å². The Kier molecular flexibility index (Phi) is 7.26. The van der Waals surface area contributed by atoms with Crippen LogP contribution < -0.4 is 14.4 Å². The summed E-state index contributed by atoms with van der Waals surface area (Å²) in [7, 11) is 1.93. The van der Waals surface area contributed by atoms with E-state index in [2.05, 4.69) is 0 Å². The SMILES string of the molecule is CN(Cc1ccccc1)c1nc2c(c(Oc3ccc(F)cc3)n1)CN(C(=O)COc1ccccc1)CC2. The van der Waals surface area contributed by atoms with Crippen LogP contribution in [-0.2, 0) is 24.3 Å². The van der Waals surface area contributed by atoms with Gasteiger partial charge < -0.3 is 19.3 Å². The van der Waals surface area contributed by atoms with Crippen LogP contribution in [-0.4, -0.2) is 41.0 Å². The third-order valence-corrected chi connectivity index (χ3v) is 6.10. The predicted molar refractivity (Wildman–Crippen MR) is 138 cm³/mol. The smallest absolute Gasteiger partial charge is 0.260 e. The van der Waals surface area contributed by atoms with E-state index in [9.17, 15) is 9.18 Å². The van der Waals surface area contributed by atoms with Gasteiger partial charge in [0.15, 0.2) is 6.61 Å². The van der Waals surface area contributed by atoms with Gasteiger partial charge in [0.25, 0.3) is 5.91 Å². The average Bonchev–Trinajstić information content (AvgIpc) is 2.93. The van der Waals surface area contributed by atoms with Crippen molar-refractivity contribution in [2.45, 2.75) is 19.5 Å². The van der Waals surface area contributed by atoms with Gasteiger partial charge in [0, 0.05) is 26.6 Å². The second-order valence-electron chi connectivity index (χ2n) is 8.82. The first-order chi connectivity index (χ1) is 18.0. The summed E-state index contributed by atoms with van der Waals surface area (Å²) in [5, 5.41) is 0. The topological polar surface area (TPSA) is 67.8 Å². The summed E-state index contributed by atoms with van der Waals surface area (Å²) in [6.07, 6.45) is 0.556. The van der Waals surface area contributed by atoms with E-state index in [1.807, 2.05) is 72.6 Å². The first-order valence-corrected chi connectivity index (χ1v) is 12.1. The van der Waals surface area contributed by atoms with Gasteiger partial charge in [-0.05, 0) is 42.0 Å². The van der Waals surface area contributed by atoms with E-state index in [1.54, 1.807) is 17.0 Å². The quantitative estimate of drug-likeness (QED) is 0.340. The first kappa shape index (κ1) is 24.2. The number of carbonyl (C=O) groups is 1. The number of anilines is 1. The Bertz CT molecular complexity index is 1350. The lowest BCUT2D eigenvalue weighted by Gasteiger charge is -2.30. The minimum atomic E-state index is -0.351. The van der Waals surface area contributed by atoms with Crippen LogP contribution in [0.1, 0.15) is 16.8 Å². The van der Waals surface area contributed by atoms with Crippen molar-refractivity contribution < 1.29 is 18.7 Å². The molecular formula is C29H27FN4O3. The zero-order chi connectivity index (χ0) is 25.6. The highest BCUT2D eigenvalue weighted by Gasteiger charge is 2.27. The molecule has 0 saturated heterocycles. The molecule has 0 N–H and O–H groups in total. The second-order valence-corrected chi connectivity index (χ2v) is 8.82. The van der Waals surface area contributed by atoms with Gasteiger partial charge >= 0.3 is 0 Å². The standard InChI is InChI=1S/C29H27FN4O3/c1-33(18-21-8-4-2-5-9-21)29-31-26-16-17-34(27(35)20-36-23-10-6-3-7-11-23)19-25(26)28(32-29)37-24-14-12-22(30)13-15-24/h2-15H,16-20H2,1H3. The number of amides is 1. The number of nitrogens with zero attached hydrogens (tertiary/aromatic N) is 4. The first-order valence-electron chi connectivity index (χ1n) is 12.1. The molecule has 0 fully saturated rings. The second kappa shape index (κ2) is 11.1. The maximum absolute atomic E-state index is 13.5. The Balaban J connectivity index is 1.39. The van der Waals surface area contributed by atoms with E-state index in [4.69, 9.17) is 19.4 Å². The number of ether oxygens (including phenoxy) is 2. The van der Waals surface area contributed by atoms with Gasteiger partial charge in [-0.3, -0.25) is 4.79 Å². The molecule has 1 aliphatic heterocycles. The number of para-hydroxylation sites is 1. The van der Waals surface area contributed by atoms with Crippen molar-refractivity contribution in [3.05, 3.63) is 108 Å². The third kappa shape index (κ3) is 6.03. The van der Waals surface area contributed by atoms with Crippen LogP contribution in [0.3, 0.4) is 0 Å². The van der Waals surface area contributed by atoms with Crippen molar-refractivity contribution in [2.24, 2.45) is 0 Å². The Hall–Kier alpha value is -4.46. The molecule has 0 spiro atoms. The lowest BCUT2D eigenvalue weighted by Crippen LogP contribution is -2.39. The predicted octanol–water partition coefficient (Wildman–Crippen LogP) is 5.01. The molecule has 0 aliphatic carbocycles. The molecule has 7 nitrogen and oxygen atoms in total. The highest BCUT2D eigenvalue weighted by molar-refractivity contribution is 5.78. The largest absolute Gasteiger partial charge is 0.484 e. The minimum absolute atomic E-state index is 0.0632. The zero-order valence-corrected chi connectivity index (χ0v) is 20.5. The normalized spacial score (nSPS) is 12.5. The van der Waals surface area contributed by atoms with Crippen molar-refractivity contribution >= 4 is 11.9 Å². The van der Waals surface area contributed by atoms with E-state index >= 15 is 0 Å². The summed E-state index contributed by atoms with van der Waals surface area (Å²) in [6.45, 7) is 1.37. The Morgan fingerprint density at radius 3 is 2.38 bits per heavy atom. The van der Waals surface area contributed by atoms with Crippen molar-refractivity contribution in [3.8, 4) is 17.4 Å². The molecule has 188 valence electrons. The molecule has 0 atom stereocenters. The van der Waals surface area contributed by atoms with Crippen LogP contribution in [0.5, 0.6) is 17.4 Å². The summed E-state index contributed by atoms with van der Waals surface area (Å²) < 4.78 is 25.2. The molecule has 5 rings (SSSR count). The van der Waals surface area contributed by atoms with E-state index in [1.165, 1.54) is 12.1 Å². The number of aromatic nitrogens is 2. The maximum Gasteiger partial charge on any atom is 0.260 e. The fourth-order valence-electron chi connectivity index (χ4n) is 4.13. The Morgan fingerprint density at radius 2 is 1.65 bits per heavy atom. The molecule has 0 unspecified atom stereocenters. The van der Waals surface area contributed by atoms with Crippen LogP contribution in [0, 0.1) is 5.82 Å². The van der Waals surface area contributed by atoms with Gasteiger partial charge in [0.1, 0.15) is 17.3 Å². The lowest BCUT2D eigenvalue weighted by molar-refractivity contribution is -0.134. The van der Waals surface area contributed by atoms with Gasteiger partial charge in [-0.2, -0.15) is 4.98 Å². The highest BCUT2D eigenvalue weighted by atomic mass is 19.1. The molecule has 8 heteroatoms. The molecule has 1 aromatic heterocycles. The van der Waals surface area contributed by atoms with Gasteiger partial charge in [-0.1, -0.05) is 48.5 Å². The molecule has 1 amide bonds. The van der Waals surface area contributed by atoms with E-state index < -0.39 is 0 Å². The molecule has 0 saturated carbocycles. The molecule has 3 aromatic carbocycles. The summed E-state index contributed by atoms with van der Waals surface area (Å²) in [4.78, 5) is 26.2. The van der Waals surface area contributed by atoms with E-state index in [-0.39, 0.29) is 18.3 Å². The fourth-order valence-corrected chi connectivity index (χ4v) is 4.13. The highest BCUT2D eigenvalue weighted by Crippen LogP contribution is 2.31. The maximum atomic E-state index is 13.5. The number of hydrogen-bond donors (Lipinski definition) is 0. The number of halogens is 1. The van der Waals surface area contributed by atoms with Crippen LogP contribution >= 0.6 is 0 Å². The van der Waals surface area contributed by atoms with Crippen LogP contribution in [0.15, 0.2) is 84.9 Å². The minimum Gasteiger partial charge on any atom is -0.484 e. The summed E-state index contributed by atoms with van der Waals surface area (Å²) >= 11 is 0. The molecular weight excluding hydrogens is 471 g/mol. The summed E-state index contributed by atoms with van der Waals surface area (Å²) in [5.41, 5.74) is 2.69. The van der Waals surface area contributed by atoms with Crippen molar-refractivity contribution in [1.29, 1.82) is 0 Å². The van der Waals surface area contributed by atoms with Gasteiger partial charge in [-0.25, -0.2) is 9.37 Å². The monoisotopic (exact) mass is 498 g/mol. The molecule has 4 aromatic rings. The number of benzene rings is 3. The number of fused-ring (bicyclic) bond motifs is 1. The summed E-state index contributed by atoms with van der Waals surface area (Å²) in [5.74, 6) is 1.49. The van der Waals surface area contributed by atoms with Crippen LogP contribution in [0.2, 0.25) is 0 Å². The Morgan fingerprint density at radius 1 is 0.946 bits per heavy atom. The number of rotatable bonds is 8. The van der Waals surface area contributed by atoms with Crippen molar-refractivity contribution in [2.75, 3.05) is 25.1 Å². The van der Waals surface area contributed by atoms with E-state index in [0.29, 0.717) is 49.4 Å². The summed E-state index contributed by atoms with van der Waals surface area (Å²) in [6, 6.07) is 25.1. The average molecular weight is 499 g/mol. The number of hydrogen-bond acceptors (Lipinski definition) is 6. The van der Waals surface area contributed by atoms with Gasteiger partial charge in [0.05, 0.1) is 17.8 Å². The van der Waals surface area contributed by atoms with Gasteiger partial charge in [-0.15, -0.1) is 0 Å². The van der Waals surface area contributed by atoms with Gasteiger partial charge in [0.2, 0.25) is 11.8 Å². The molecule has 0 radical (unpaired) electrons. The molecule has 2 heterocycles. The third-order valence-electron chi connectivity index (χ3n) is 6.10. The number of carbonyl (C=O) groups excluding carboxylic acids is 1.